The van der Waals surface area contributed by atoms with Gasteiger partial charge < -0.3 is 10.5 Å². The number of nitrogens with two attached hydrogens (primary N) is 1. The topological polar surface area (TPSA) is 67.9 Å². The molecule has 0 aliphatic carbocycles. The van der Waals surface area contributed by atoms with Crippen molar-refractivity contribution in [1.29, 1.82) is 0 Å². The molecule has 0 radical (unpaired) electrons. The summed E-state index contributed by atoms with van der Waals surface area (Å²) in [4.78, 5) is 19.1. The summed E-state index contributed by atoms with van der Waals surface area (Å²) >= 11 is 0. The molecular formula is C20H21F2N3O2. The van der Waals surface area contributed by atoms with Crippen LogP contribution in [0.3, 0.4) is 0 Å². The van der Waals surface area contributed by atoms with Gasteiger partial charge in [-0.2, -0.15) is 8.78 Å². The van der Waals surface area contributed by atoms with Crippen molar-refractivity contribution in [2.24, 2.45) is 10.7 Å². The summed E-state index contributed by atoms with van der Waals surface area (Å²) in [6.07, 6.45) is 1.68. The van der Waals surface area contributed by atoms with Crippen LogP contribution in [0.2, 0.25) is 0 Å². The second-order valence-corrected chi connectivity index (χ2v) is 6.35. The third-order valence-corrected chi connectivity index (χ3v) is 4.66. The highest BCUT2D eigenvalue weighted by Gasteiger charge is 2.50. The van der Waals surface area contributed by atoms with Crippen molar-refractivity contribution < 1.29 is 18.3 Å². The number of alkyl halides is 2. The molecule has 2 N–H and O–H groups in total. The number of aryl methyl sites for hydroxylation is 1. The molecule has 1 atom stereocenters. The molecule has 27 heavy (non-hydrogen) atoms. The average molecular weight is 373 g/mol. The van der Waals surface area contributed by atoms with Gasteiger partial charge in [0.25, 0.3) is 5.91 Å². The smallest absolute Gasteiger partial charge is 0.387 e. The fourth-order valence-corrected chi connectivity index (χ4v) is 3.40. The minimum atomic E-state index is -2.91. The summed E-state index contributed by atoms with van der Waals surface area (Å²) in [7, 11) is 1.57. The van der Waals surface area contributed by atoms with E-state index in [1.807, 2.05) is 24.3 Å². The first kappa shape index (κ1) is 18.8. The Morgan fingerprint density at radius 3 is 2.41 bits per heavy atom. The van der Waals surface area contributed by atoms with Gasteiger partial charge in [0.05, 0.1) is 0 Å². The van der Waals surface area contributed by atoms with Gasteiger partial charge in [-0.15, -0.1) is 0 Å². The third kappa shape index (κ3) is 3.25. The van der Waals surface area contributed by atoms with Gasteiger partial charge >= 0.3 is 6.61 Å². The molecule has 3 rings (SSSR count). The van der Waals surface area contributed by atoms with E-state index >= 15 is 0 Å². The van der Waals surface area contributed by atoms with Gasteiger partial charge in [-0.1, -0.05) is 49.7 Å². The van der Waals surface area contributed by atoms with Crippen molar-refractivity contribution in [2.45, 2.75) is 31.9 Å². The Hall–Kier alpha value is -2.96. The van der Waals surface area contributed by atoms with Gasteiger partial charge in [-0.3, -0.25) is 9.69 Å². The molecule has 7 heteroatoms. The quantitative estimate of drug-likeness (QED) is 0.845. The van der Waals surface area contributed by atoms with Gasteiger partial charge in [0.1, 0.15) is 5.75 Å². The van der Waals surface area contributed by atoms with Crippen molar-refractivity contribution in [3.63, 3.8) is 0 Å². The van der Waals surface area contributed by atoms with E-state index in [9.17, 15) is 13.6 Å². The van der Waals surface area contributed by atoms with Crippen molar-refractivity contribution in [2.75, 3.05) is 7.05 Å². The molecule has 0 saturated carbocycles. The zero-order valence-corrected chi connectivity index (χ0v) is 15.2. The molecule has 0 bridgehead atoms. The third-order valence-electron chi connectivity index (χ3n) is 4.66. The first-order chi connectivity index (χ1) is 12.9. The number of benzene rings is 2. The Balaban J connectivity index is 2.18. The number of aliphatic imine (C=N–C) groups is 1. The number of hydrogen-bond donors (Lipinski definition) is 1. The van der Waals surface area contributed by atoms with Crippen molar-refractivity contribution in [3.8, 4) is 5.75 Å². The Labute approximate surface area is 156 Å². The molecule has 1 aliphatic rings. The fraction of sp³-hybridized carbons (Fsp3) is 0.300. The lowest BCUT2D eigenvalue weighted by molar-refractivity contribution is -0.129. The number of carbonyl (C=O) groups excluding carboxylic acids is 1. The summed E-state index contributed by atoms with van der Waals surface area (Å²) in [6, 6.07) is 13.6. The molecule has 1 aliphatic heterocycles. The van der Waals surface area contributed by atoms with E-state index in [0.717, 1.165) is 24.0 Å². The summed E-state index contributed by atoms with van der Waals surface area (Å²) < 4.78 is 29.3. The number of likely N-dealkylation sites (N-methyl/N-ethyl adjacent to an activating group) is 1. The predicted molar refractivity (Wildman–Crippen MR) is 98.7 cm³/mol. The van der Waals surface area contributed by atoms with Crippen LogP contribution in [0.15, 0.2) is 53.5 Å². The number of rotatable bonds is 6. The lowest BCUT2D eigenvalue weighted by Crippen LogP contribution is -2.41. The van der Waals surface area contributed by atoms with Crippen LogP contribution in [0.4, 0.5) is 8.78 Å². The number of nitrogens with zero attached hydrogens (tertiary/aromatic N) is 2. The summed E-state index contributed by atoms with van der Waals surface area (Å²) in [5, 5.41) is 0. The minimum Gasteiger partial charge on any atom is -0.435 e. The maximum atomic E-state index is 13.2. The molecule has 0 aromatic heterocycles. The van der Waals surface area contributed by atoms with Gasteiger partial charge in [0.15, 0.2) is 11.5 Å². The van der Waals surface area contributed by atoms with Crippen LogP contribution in [0, 0.1) is 0 Å². The van der Waals surface area contributed by atoms with Crippen molar-refractivity contribution >= 4 is 11.9 Å². The Kier molecular flexibility index (Phi) is 5.12. The average Bonchev–Trinajstić information content (AvgIpc) is 2.87. The molecular weight excluding hydrogens is 352 g/mol. The number of ether oxygens (including phenoxy) is 1. The first-order valence-corrected chi connectivity index (χ1v) is 8.67. The predicted octanol–water partition coefficient (Wildman–Crippen LogP) is 3.27. The minimum absolute atomic E-state index is 0.0153. The lowest BCUT2D eigenvalue weighted by atomic mass is 9.79. The van der Waals surface area contributed by atoms with E-state index in [0.29, 0.717) is 5.56 Å². The maximum absolute atomic E-state index is 13.2. The van der Waals surface area contributed by atoms with Gasteiger partial charge in [0, 0.05) is 7.05 Å². The molecule has 0 spiro atoms. The SMILES string of the molecule is CCCc1ccccc1[C@]1(c2ccc(OC(F)F)cc2)N=C(N)N(C)C1=O. The van der Waals surface area contributed by atoms with Crippen molar-refractivity contribution in [3.05, 3.63) is 65.2 Å². The molecule has 0 unspecified atom stereocenters. The summed E-state index contributed by atoms with van der Waals surface area (Å²) in [6.45, 7) is -0.858. The maximum Gasteiger partial charge on any atom is 0.387 e. The monoisotopic (exact) mass is 373 g/mol. The molecule has 2 aromatic rings. The van der Waals surface area contributed by atoms with Crippen LogP contribution >= 0.6 is 0 Å². The molecule has 0 saturated heterocycles. The van der Waals surface area contributed by atoms with E-state index in [1.54, 1.807) is 19.2 Å². The molecule has 5 nitrogen and oxygen atoms in total. The highest BCUT2D eigenvalue weighted by molar-refractivity contribution is 6.09. The van der Waals surface area contributed by atoms with Crippen LogP contribution < -0.4 is 10.5 Å². The van der Waals surface area contributed by atoms with Crippen LogP contribution in [-0.2, 0) is 16.8 Å². The Bertz CT molecular complexity index is 868. The van der Waals surface area contributed by atoms with Crippen LogP contribution in [0.25, 0.3) is 0 Å². The number of amides is 1. The first-order valence-electron chi connectivity index (χ1n) is 8.67. The van der Waals surface area contributed by atoms with E-state index in [2.05, 4.69) is 16.7 Å². The van der Waals surface area contributed by atoms with E-state index in [-0.39, 0.29) is 17.6 Å². The molecule has 142 valence electrons. The highest BCUT2D eigenvalue weighted by Crippen LogP contribution is 2.41. The van der Waals surface area contributed by atoms with Gasteiger partial charge in [-0.05, 0) is 35.2 Å². The zero-order chi connectivity index (χ0) is 19.6. The second-order valence-electron chi connectivity index (χ2n) is 6.35. The summed E-state index contributed by atoms with van der Waals surface area (Å²) in [5.74, 6) is -0.160. The standard InChI is InChI=1S/C20H21F2N3O2/c1-3-6-13-7-4-5-8-16(13)20(17(26)25(2)19(23)24-20)14-9-11-15(12-10-14)27-18(21)22/h4-5,7-12,18H,3,6H2,1-2H3,(H2,23,24)/t20-/m0/s1. The summed E-state index contributed by atoms with van der Waals surface area (Å²) in [5.41, 5.74) is 6.91. The molecule has 1 amide bonds. The van der Waals surface area contributed by atoms with E-state index < -0.39 is 12.2 Å². The molecule has 0 fully saturated rings. The van der Waals surface area contributed by atoms with Crippen LogP contribution in [-0.4, -0.2) is 30.4 Å². The fourth-order valence-electron chi connectivity index (χ4n) is 3.40. The second kappa shape index (κ2) is 7.34. The number of hydrogen-bond acceptors (Lipinski definition) is 4. The normalized spacial score (nSPS) is 19.5. The van der Waals surface area contributed by atoms with E-state index in [1.165, 1.54) is 17.0 Å². The lowest BCUT2D eigenvalue weighted by Gasteiger charge is -2.28. The highest BCUT2D eigenvalue weighted by atomic mass is 19.3. The Morgan fingerprint density at radius 1 is 1.19 bits per heavy atom. The molecule has 2 aromatic carbocycles. The van der Waals surface area contributed by atoms with E-state index in [4.69, 9.17) is 5.73 Å². The van der Waals surface area contributed by atoms with Crippen LogP contribution in [0.5, 0.6) is 5.75 Å². The molecule has 1 heterocycles. The zero-order valence-electron chi connectivity index (χ0n) is 15.2. The Morgan fingerprint density at radius 2 is 1.85 bits per heavy atom. The van der Waals surface area contributed by atoms with Crippen molar-refractivity contribution in [1.82, 2.24) is 4.90 Å². The van der Waals surface area contributed by atoms with Gasteiger partial charge in [0.2, 0.25) is 0 Å². The largest absolute Gasteiger partial charge is 0.435 e. The number of guanidine groups is 1. The van der Waals surface area contributed by atoms with Gasteiger partial charge in [-0.25, -0.2) is 4.99 Å². The number of carbonyl (C=O) groups is 1. The number of halogens is 2. The van der Waals surface area contributed by atoms with Crippen LogP contribution in [0.1, 0.15) is 30.0 Å².